The highest BCUT2D eigenvalue weighted by molar-refractivity contribution is 6.01. The summed E-state index contributed by atoms with van der Waals surface area (Å²) < 4.78 is 25.5. The van der Waals surface area contributed by atoms with Crippen molar-refractivity contribution in [3.63, 3.8) is 0 Å². The van der Waals surface area contributed by atoms with Crippen molar-refractivity contribution in [1.29, 1.82) is 0 Å². The molecule has 1 aliphatic rings. The highest BCUT2D eigenvalue weighted by atomic mass is 16.7. The molecule has 0 aromatic rings. The average Bonchev–Trinajstić information content (AvgIpc) is 3.21. The van der Waals surface area contributed by atoms with Crippen LogP contribution in [0.5, 0.6) is 0 Å². The molecule has 0 bridgehead atoms. The Morgan fingerprint density at radius 3 is 1.85 bits per heavy atom. The number of rotatable bonds is 17. The molecule has 1 heterocycles. The number of nitrogens with zero attached hydrogens (tertiary/aromatic N) is 1. The SMILES string of the molecule is CCC(C)(CC(C)(CC(C)C(=O)ON1C(=O)CCC1=O)C(=O)OCCOC(=O)C(C)OC)C(=O)OCCOC. The molecular formula is C26H41NO12. The van der Waals surface area contributed by atoms with Gasteiger partial charge in [-0.25, -0.2) is 9.59 Å². The van der Waals surface area contributed by atoms with E-state index in [2.05, 4.69) is 0 Å². The van der Waals surface area contributed by atoms with Gasteiger partial charge in [0.2, 0.25) is 0 Å². The monoisotopic (exact) mass is 559 g/mol. The first-order chi connectivity index (χ1) is 18.2. The smallest absolute Gasteiger partial charge is 0.336 e. The summed E-state index contributed by atoms with van der Waals surface area (Å²) >= 11 is 0. The highest BCUT2D eigenvalue weighted by Gasteiger charge is 2.47. The number of hydrogen-bond donors (Lipinski definition) is 0. The van der Waals surface area contributed by atoms with Gasteiger partial charge in [0.05, 0.1) is 23.4 Å². The molecule has 0 aromatic carbocycles. The number of imide groups is 1. The van der Waals surface area contributed by atoms with Crippen LogP contribution in [-0.2, 0) is 57.3 Å². The van der Waals surface area contributed by atoms with Crippen molar-refractivity contribution in [2.45, 2.75) is 72.8 Å². The fourth-order valence-corrected chi connectivity index (χ4v) is 4.08. The number of hydrogen-bond acceptors (Lipinski definition) is 12. The van der Waals surface area contributed by atoms with E-state index in [1.165, 1.54) is 28.1 Å². The molecule has 4 atom stereocenters. The maximum Gasteiger partial charge on any atom is 0.336 e. The van der Waals surface area contributed by atoms with Crippen molar-refractivity contribution in [3.8, 4) is 0 Å². The molecule has 0 aromatic heterocycles. The second kappa shape index (κ2) is 15.5. The number of amides is 2. The number of methoxy groups -OCH3 is 2. The van der Waals surface area contributed by atoms with Crippen LogP contribution in [0.25, 0.3) is 0 Å². The van der Waals surface area contributed by atoms with E-state index >= 15 is 0 Å². The second-order valence-electron chi connectivity index (χ2n) is 10.1. The largest absolute Gasteiger partial charge is 0.463 e. The van der Waals surface area contributed by atoms with E-state index in [0.717, 1.165) is 0 Å². The van der Waals surface area contributed by atoms with Gasteiger partial charge in [-0.05, 0) is 40.0 Å². The van der Waals surface area contributed by atoms with Gasteiger partial charge in [-0.1, -0.05) is 13.8 Å². The van der Waals surface area contributed by atoms with E-state index in [1.807, 2.05) is 0 Å². The van der Waals surface area contributed by atoms with Gasteiger partial charge in [-0.15, -0.1) is 5.06 Å². The zero-order chi connectivity index (χ0) is 29.8. The highest BCUT2D eigenvalue weighted by Crippen LogP contribution is 2.43. The minimum Gasteiger partial charge on any atom is -0.463 e. The maximum atomic E-state index is 13.4. The maximum absolute atomic E-state index is 13.4. The summed E-state index contributed by atoms with van der Waals surface area (Å²) in [5.74, 6) is -5.02. The topological polar surface area (TPSA) is 161 Å². The Morgan fingerprint density at radius 1 is 0.821 bits per heavy atom. The second-order valence-corrected chi connectivity index (χ2v) is 10.1. The summed E-state index contributed by atoms with van der Waals surface area (Å²) in [6, 6.07) is 0. The summed E-state index contributed by atoms with van der Waals surface area (Å²) in [6.07, 6.45) is -0.787. The van der Waals surface area contributed by atoms with Crippen molar-refractivity contribution < 1.29 is 57.3 Å². The first-order valence-corrected chi connectivity index (χ1v) is 12.8. The van der Waals surface area contributed by atoms with E-state index in [9.17, 15) is 28.8 Å². The molecule has 2 amide bonds. The number of esters is 3. The zero-order valence-corrected chi connectivity index (χ0v) is 23.9. The van der Waals surface area contributed by atoms with Gasteiger partial charge in [0.1, 0.15) is 19.8 Å². The molecule has 13 heteroatoms. The third-order valence-corrected chi connectivity index (χ3v) is 6.66. The van der Waals surface area contributed by atoms with E-state index in [1.54, 1.807) is 20.8 Å². The van der Waals surface area contributed by atoms with Crippen molar-refractivity contribution in [3.05, 3.63) is 0 Å². The molecular weight excluding hydrogens is 518 g/mol. The Labute approximate surface area is 228 Å². The Balaban J connectivity index is 3.06. The van der Waals surface area contributed by atoms with Gasteiger partial charge < -0.3 is 28.5 Å². The Morgan fingerprint density at radius 2 is 1.33 bits per heavy atom. The minimum absolute atomic E-state index is 0.0258. The van der Waals surface area contributed by atoms with Crippen LogP contribution in [0, 0.1) is 16.7 Å². The standard InChI is InChI=1S/C26H41NO12/c1-8-25(4,23(32)37-12-11-34-6)16-26(5,24(33)38-14-13-36-22(31)18(3)35-7)15-17(2)21(30)39-27-19(28)9-10-20(27)29/h17-18H,8-16H2,1-7H3. The van der Waals surface area contributed by atoms with Gasteiger partial charge in [0.15, 0.2) is 6.10 Å². The lowest BCUT2D eigenvalue weighted by atomic mass is 9.68. The molecule has 1 saturated heterocycles. The molecule has 4 unspecified atom stereocenters. The fourth-order valence-electron chi connectivity index (χ4n) is 4.08. The number of carbonyl (C=O) groups is 6. The Kier molecular flexibility index (Phi) is 13.5. The summed E-state index contributed by atoms with van der Waals surface area (Å²) in [6.45, 7) is 7.66. The van der Waals surface area contributed by atoms with Crippen molar-refractivity contribution in [2.75, 3.05) is 40.6 Å². The summed E-state index contributed by atoms with van der Waals surface area (Å²) in [5.41, 5.74) is -2.54. The van der Waals surface area contributed by atoms with Crippen LogP contribution in [0.2, 0.25) is 0 Å². The lowest BCUT2D eigenvalue weighted by molar-refractivity contribution is -0.201. The molecule has 0 N–H and O–H groups in total. The predicted octanol–water partition coefficient (Wildman–Crippen LogP) is 1.74. The third kappa shape index (κ3) is 9.88. The summed E-state index contributed by atoms with van der Waals surface area (Å²) in [4.78, 5) is 79.6. The van der Waals surface area contributed by atoms with Crippen LogP contribution in [0.3, 0.4) is 0 Å². The van der Waals surface area contributed by atoms with Crippen LogP contribution >= 0.6 is 0 Å². The van der Waals surface area contributed by atoms with E-state index in [4.69, 9.17) is 28.5 Å². The number of hydroxylamine groups is 2. The lowest BCUT2D eigenvalue weighted by Crippen LogP contribution is -2.43. The van der Waals surface area contributed by atoms with Gasteiger partial charge in [-0.3, -0.25) is 19.2 Å². The zero-order valence-electron chi connectivity index (χ0n) is 23.9. The predicted molar refractivity (Wildman–Crippen MR) is 133 cm³/mol. The molecule has 222 valence electrons. The van der Waals surface area contributed by atoms with Crippen LogP contribution < -0.4 is 0 Å². The van der Waals surface area contributed by atoms with Crippen LogP contribution in [0.15, 0.2) is 0 Å². The molecule has 0 aliphatic carbocycles. The number of ether oxygens (including phenoxy) is 5. The van der Waals surface area contributed by atoms with Crippen molar-refractivity contribution >= 4 is 35.7 Å². The van der Waals surface area contributed by atoms with Gasteiger partial charge >= 0.3 is 23.9 Å². The summed E-state index contributed by atoms with van der Waals surface area (Å²) in [7, 11) is 2.82. The van der Waals surface area contributed by atoms with E-state index in [-0.39, 0.29) is 52.1 Å². The molecule has 1 aliphatic heterocycles. The van der Waals surface area contributed by atoms with Crippen LogP contribution in [0.1, 0.15) is 66.7 Å². The average molecular weight is 560 g/mol. The molecule has 1 fully saturated rings. The lowest BCUT2D eigenvalue weighted by Gasteiger charge is -2.37. The normalized spacial score (nSPS) is 18.0. The molecule has 0 saturated carbocycles. The van der Waals surface area contributed by atoms with E-state index < -0.39 is 58.5 Å². The first-order valence-electron chi connectivity index (χ1n) is 12.8. The molecule has 0 spiro atoms. The quantitative estimate of drug-likeness (QED) is 0.110. The van der Waals surface area contributed by atoms with Crippen LogP contribution in [-0.4, -0.2) is 87.5 Å². The van der Waals surface area contributed by atoms with Crippen molar-refractivity contribution in [1.82, 2.24) is 5.06 Å². The number of carbonyl (C=O) groups excluding carboxylic acids is 6. The van der Waals surface area contributed by atoms with Gasteiger partial charge in [-0.2, -0.15) is 0 Å². The van der Waals surface area contributed by atoms with Gasteiger partial charge in [0, 0.05) is 27.1 Å². The fraction of sp³-hybridized carbons (Fsp3) is 0.769. The third-order valence-electron chi connectivity index (χ3n) is 6.66. The van der Waals surface area contributed by atoms with E-state index in [0.29, 0.717) is 11.5 Å². The van der Waals surface area contributed by atoms with Crippen molar-refractivity contribution in [2.24, 2.45) is 16.7 Å². The minimum atomic E-state index is -1.41. The summed E-state index contributed by atoms with van der Waals surface area (Å²) in [5, 5.41) is 0.438. The van der Waals surface area contributed by atoms with Gasteiger partial charge in [0.25, 0.3) is 11.8 Å². The molecule has 39 heavy (non-hydrogen) atoms. The Hall–Kier alpha value is -3.06. The first kappa shape index (κ1) is 34.0. The Bertz CT molecular complexity index is 889. The molecule has 0 radical (unpaired) electrons. The molecule has 13 nitrogen and oxygen atoms in total. The van der Waals surface area contributed by atoms with Crippen LogP contribution in [0.4, 0.5) is 0 Å². The molecule has 1 rings (SSSR count).